The topological polar surface area (TPSA) is 63.8 Å². The van der Waals surface area contributed by atoms with E-state index in [2.05, 4.69) is 20.3 Å². The Balaban J connectivity index is 1.97. The number of aryl methyl sites for hydroxylation is 1. The van der Waals surface area contributed by atoms with E-state index in [1.807, 2.05) is 50.4 Å². The lowest BCUT2D eigenvalue weighted by Gasteiger charge is -2.06. The second kappa shape index (κ2) is 5.97. The highest BCUT2D eigenvalue weighted by atomic mass is 32.2. The Morgan fingerprint density at radius 3 is 2.57 bits per heavy atom. The van der Waals surface area contributed by atoms with Gasteiger partial charge >= 0.3 is 0 Å². The molecule has 6 heteroatoms. The second-order valence-electron chi connectivity index (χ2n) is 4.39. The van der Waals surface area contributed by atoms with Crippen molar-refractivity contribution in [1.29, 1.82) is 0 Å². The van der Waals surface area contributed by atoms with E-state index in [1.54, 1.807) is 6.26 Å². The number of benzene rings is 1. The van der Waals surface area contributed by atoms with Gasteiger partial charge in [0.1, 0.15) is 17.1 Å². The quantitative estimate of drug-likeness (QED) is 0.742. The third-order valence-electron chi connectivity index (χ3n) is 2.78. The monoisotopic (exact) mass is 298 g/mol. The molecule has 3 rings (SSSR count). The van der Waals surface area contributed by atoms with Gasteiger partial charge in [-0.2, -0.15) is 0 Å². The smallest absolute Gasteiger partial charge is 0.262 e. The predicted octanol–water partition coefficient (Wildman–Crippen LogP) is 3.63. The van der Waals surface area contributed by atoms with Gasteiger partial charge in [-0.1, -0.05) is 30.3 Å². The maximum absolute atomic E-state index is 5.36. The van der Waals surface area contributed by atoms with Crippen molar-refractivity contribution in [3.63, 3.8) is 0 Å². The largest absolute Gasteiger partial charge is 0.439 e. The zero-order valence-electron chi connectivity index (χ0n) is 11.7. The highest BCUT2D eigenvalue weighted by Crippen LogP contribution is 2.28. The first-order valence-electron chi connectivity index (χ1n) is 6.47. The molecule has 1 aromatic carbocycles. The van der Waals surface area contributed by atoms with Crippen molar-refractivity contribution in [2.45, 2.75) is 17.2 Å². The van der Waals surface area contributed by atoms with Crippen LogP contribution < -0.4 is 5.32 Å². The minimum absolute atomic E-state index is 0.576. The van der Waals surface area contributed by atoms with Gasteiger partial charge in [0.2, 0.25) is 0 Å². The van der Waals surface area contributed by atoms with Crippen molar-refractivity contribution in [2.24, 2.45) is 0 Å². The second-order valence-corrected chi connectivity index (χ2v) is 5.36. The van der Waals surface area contributed by atoms with Gasteiger partial charge in [-0.25, -0.2) is 15.0 Å². The molecular weight excluding hydrogens is 284 g/mol. The average Bonchev–Trinajstić information content (AvgIpc) is 2.93. The van der Waals surface area contributed by atoms with Gasteiger partial charge in [0, 0.05) is 18.7 Å². The summed E-state index contributed by atoms with van der Waals surface area (Å²) in [7, 11) is 1.83. The van der Waals surface area contributed by atoms with Gasteiger partial charge in [0.15, 0.2) is 5.82 Å². The first kappa shape index (κ1) is 13.6. The Kier molecular flexibility index (Phi) is 3.87. The number of rotatable bonds is 4. The number of aromatic nitrogens is 3. The zero-order chi connectivity index (χ0) is 14.7. The van der Waals surface area contributed by atoms with Gasteiger partial charge in [0.05, 0.1) is 5.69 Å². The van der Waals surface area contributed by atoms with Crippen LogP contribution in [0.25, 0.3) is 11.4 Å². The number of nitrogens with one attached hydrogen (secondary N) is 1. The standard InChI is InChI=1S/C15H14N4OS/c1-10-9-20-15(17-10)21-13-8-12(16-2)18-14(19-13)11-6-4-3-5-7-11/h3-9H,1-2H3,(H,16,18,19). The maximum atomic E-state index is 5.36. The predicted molar refractivity (Wildman–Crippen MR) is 82.4 cm³/mol. The molecule has 0 saturated heterocycles. The van der Waals surface area contributed by atoms with Crippen LogP contribution in [-0.4, -0.2) is 22.0 Å². The minimum atomic E-state index is 0.576. The molecule has 2 aromatic heterocycles. The first-order valence-corrected chi connectivity index (χ1v) is 7.28. The Morgan fingerprint density at radius 1 is 1.10 bits per heavy atom. The van der Waals surface area contributed by atoms with Gasteiger partial charge in [-0.3, -0.25) is 0 Å². The van der Waals surface area contributed by atoms with Crippen LogP contribution in [-0.2, 0) is 0 Å². The Hall–Kier alpha value is -2.34. The maximum Gasteiger partial charge on any atom is 0.262 e. The van der Waals surface area contributed by atoms with Crippen LogP contribution >= 0.6 is 11.8 Å². The van der Waals surface area contributed by atoms with Crippen molar-refractivity contribution in [3.8, 4) is 11.4 Å². The number of nitrogens with zero attached hydrogens (tertiary/aromatic N) is 3. The fourth-order valence-electron chi connectivity index (χ4n) is 1.79. The Bertz CT molecular complexity index is 742. The van der Waals surface area contributed by atoms with Crippen LogP contribution in [0.3, 0.4) is 0 Å². The molecule has 0 atom stereocenters. The van der Waals surface area contributed by atoms with Crippen LogP contribution in [0.4, 0.5) is 5.82 Å². The zero-order valence-corrected chi connectivity index (χ0v) is 12.5. The SMILES string of the molecule is CNc1cc(Sc2nc(C)co2)nc(-c2ccccc2)n1. The van der Waals surface area contributed by atoms with E-state index >= 15 is 0 Å². The van der Waals surface area contributed by atoms with Crippen molar-refractivity contribution in [3.05, 3.63) is 48.4 Å². The molecule has 2 heterocycles. The van der Waals surface area contributed by atoms with Crippen LogP contribution in [0.1, 0.15) is 5.69 Å². The van der Waals surface area contributed by atoms with Crippen molar-refractivity contribution in [1.82, 2.24) is 15.0 Å². The molecule has 0 saturated carbocycles. The van der Waals surface area contributed by atoms with E-state index in [0.29, 0.717) is 11.0 Å². The Morgan fingerprint density at radius 2 is 1.90 bits per heavy atom. The summed E-state index contributed by atoms with van der Waals surface area (Å²) in [6.07, 6.45) is 1.63. The van der Waals surface area contributed by atoms with E-state index in [1.165, 1.54) is 11.8 Å². The minimum Gasteiger partial charge on any atom is -0.439 e. The summed E-state index contributed by atoms with van der Waals surface area (Å²) in [6, 6.07) is 11.7. The molecule has 1 N–H and O–H groups in total. The lowest BCUT2D eigenvalue weighted by atomic mass is 10.2. The number of oxazole rings is 1. The summed E-state index contributed by atoms with van der Waals surface area (Å²) in [4.78, 5) is 13.3. The van der Waals surface area contributed by atoms with Gasteiger partial charge in [0.25, 0.3) is 5.22 Å². The van der Waals surface area contributed by atoms with Crippen LogP contribution in [0, 0.1) is 6.92 Å². The third kappa shape index (κ3) is 3.22. The van der Waals surface area contributed by atoms with Crippen molar-refractivity contribution < 1.29 is 4.42 Å². The molecule has 5 nitrogen and oxygen atoms in total. The molecule has 0 bridgehead atoms. The molecule has 21 heavy (non-hydrogen) atoms. The molecule has 0 aliphatic heterocycles. The first-order chi connectivity index (χ1) is 10.2. The van der Waals surface area contributed by atoms with E-state index < -0.39 is 0 Å². The lowest BCUT2D eigenvalue weighted by Crippen LogP contribution is -1.98. The molecule has 106 valence electrons. The molecule has 0 unspecified atom stereocenters. The van der Waals surface area contributed by atoms with Gasteiger partial charge in [-0.15, -0.1) is 0 Å². The van der Waals surface area contributed by atoms with E-state index in [9.17, 15) is 0 Å². The van der Waals surface area contributed by atoms with Crippen molar-refractivity contribution >= 4 is 17.6 Å². The summed E-state index contributed by atoms with van der Waals surface area (Å²) in [5, 5.41) is 4.42. The third-order valence-corrected chi connectivity index (χ3v) is 3.56. The molecule has 3 aromatic rings. The lowest BCUT2D eigenvalue weighted by molar-refractivity contribution is 0.454. The van der Waals surface area contributed by atoms with Crippen LogP contribution in [0.5, 0.6) is 0 Å². The highest BCUT2D eigenvalue weighted by molar-refractivity contribution is 7.99. The van der Waals surface area contributed by atoms with E-state index in [-0.39, 0.29) is 0 Å². The summed E-state index contributed by atoms with van der Waals surface area (Å²) in [5.41, 5.74) is 1.82. The number of hydrogen-bond donors (Lipinski definition) is 1. The summed E-state index contributed by atoms with van der Waals surface area (Å²) in [6.45, 7) is 1.89. The Labute approximate surface area is 126 Å². The van der Waals surface area contributed by atoms with Crippen LogP contribution in [0.15, 0.2) is 57.3 Å². The summed E-state index contributed by atoms with van der Waals surface area (Å²) in [5.74, 6) is 1.43. The fraction of sp³-hybridized carbons (Fsp3) is 0.133. The molecule has 0 radical (unpaired) electrons. The molecule has 0 aliphatic carbocycles. The highest BCUT2D eigenvalue weighted by Gasteiger charge is 2.10. The van der Waals surface area contributed by atoms with E-state index in [0.717, 1.165) is 22.1 Å². The molecule has 0 aliphatic rings. The van der Waals surface area contributed by atoms with Crippen LogP contribution in [0.2, 0.25) is 0 Å². The van der Waals surface area contributed by atoms with Gasteiger partial charge in [-0.05, 0) is 18.7 Å². The normalized spacial score (nSPS) is 10.6. The van der Waals surface area contributed by atoms with Crippen molar-refractivity contribution in [2.75, 3.05) is 12.4 Å². The summed E-state index contributed by atoms with van der Waals surface area (Å²) < 4.78 is 5.36. The van der Waals surface area contributed by atoms with Gasteiger partial charge < -0.3 is 9.73 Å². The van der Waals surface area contributed by atoms with E-state index in [4.69, 9.17) is 4.42 Å². The fourth-order valence-corrected chi connectivity index (χ4v) is 2.56. The molecule has 0 amide bonds. The summed E-state index contributed by atoms with van der Waals surface area (Å²) >= 11 is 1.38. The number of hydrogen-bond acceptors (Lipinski definition) is 6. The molecule has 0 spiro atoms. The molecule has 0 fully saturated rings. The average molecular weight is 298 g/mol. The molecular formula is C15H14N4OS. The number of anilines is 1.